The Kier molecular flexibility index (Phi) is 3.18. The molecule has 5 nitrogen and oxygen atoms in total. The number of hydrogen-bond donors (Lipinski definition) is 0. The number of hydrogen-bond acceptors (Lipinski definition) is 4. The second-order valence-corrected chi connectivity index (χ2v) is 6.48. The van der Waals surface area contributed by atoms with Crippen molar-refractivity contribution in [2.24, 2.45) is 0 Å². The standard InChI is InChI=1S/C12H15N3O2S/c1-10(9-13)18(16,17)15-8-7-14(2)11-5-3-4-6-12(11)15/h3-6,10H,7-8H2,1-2H3. The lowest BCUT2D eigenvalue weighted by molar-refractivity contribution is 0.585. The van der Waals surface area contributed by atoms with E-state index in [-0.39, 0.29) is 0 Å². The molecule has 1 heterocycles. The summed E-state index contributed by atoms with van der Waals surface area (Å²) in [6, 6.07) is 9.13. The minimum absolute atomic E-state index is 0.377. The summed E-state index contributed by atoms with van der Waals surface area (Å²) in [5, 5.41) is 7.80. The molecule has 0 amide bonds. The molecule has 1 aromatic rings. The van der Waals surface area contributed by atoms with Crippen molar-refractivity contribution >= 4 is 21.4 Å². The number of anilines is 2. The largest absolute Gasteiger partial charge is 0.371 e. The van der Waals surface area contributed by atoms with Gasteiger partial charge in [-0.25, -0.2) is 8.42 Å². The van der Waals surface area contributed by atoms with Gasteiger partial charge in [0.1, 0.15) is 0 Å². The van der Waals surface area contributed by atoms with Gasteiger partial charge >= 0.3 is 0 Å². The number of rotatable bonds is 2. The highest BCUT2D eigenvalue weighted by Gasteiger charge is 2.33. The summed E-state index contributed by atoms with van der Waals surface area (Å²) in [4.78, 5) is 2.01. The van der Waals surface area contributed by atoms with E-state index < -0.39 is 15.3 Å². The molecule has 1 unspecified atom stereocenters. The van der Waals surface area contributed by atoms with Crippen molar-refractivity contribution in [2.75, 3.05) is 29.3 Å². The Balaban J connectivity index is 2.51. The second-order valence-electron chi connectivity index (χ2n) is 4.30. The minimum Gasteiger partial charge on any atom is -0.371 e. The van der Waals surface area contributed by atoms with Gasteiger partial charge in [-0.3, -0.25) is 4.31 Å². The van der Waals surface area contributed by atoms with Crippen LogP contribution < -0.4 is 9.21 Å². The van der Waals surface area contributed by atoms with Gasteiger partial charge in [0, 0.05) is 13.6 Å². The van der Waals surface area contributed by atoms with Gasteiger partial charge < -0.3 is 4.90 Å². The number of para-hydroxylation sites is 2. The first-order valence-corrected chi connectivity index (χ1v) is 7.20. The molecular formula is C12H15N3O2S. The third-order valence-electron chi connectivity index (χ3n) is 3.14. The molecule has 96 valence electrons. The van der Waals surface area contributed by atoms with Gasteiger partial charge in [-0.1, -0.05) is 12.1 Å². The van der Waals surface area contributed by atoms with Crippen molar-refractivity contribution in [1.29, 1.82) is 5.26 Å². The zero-order valence-electron chi connectivity index (χ0n) is 10.4. The molecule has 0 spiro atoms. The topological polar surface area (TPSA) is 64.4 Å². The third kappa shape index (κ3) is 1.91. The number of likely N-dealkylation sites (N-methyl/N-ethyl adjacent to an activating group) is 1. The lowest BCUT2D eigenvalue weighted by atomic mass is 10.2. The molecule has 1 atom stereocenters. The third-order valence-corrected chi connectivity index (χ3v) is 5.13. The molecule has 0 bridgehead atoms. The molecular weight excluding hydrogens is 250 g/mol. The number of sulfonamides is 1. The molecule has 0 aliphatic carbocycles. The van der Waals surface area contributed by atoms with Crippen LogP contribution in [0.15, 0.2) is 24.3 Å². The highest BCUT2D eigenvalue weighted by atomic mass is 32.2. The first kappa shape index (κ1) is 12.7. The molecule has 0 N–H and O–H groups in total. The van der Waals surface area contributed by atoms with Gasteiger partial charge in [0.05, 0.1) is 24.0 Å². The van der Waals surface area contributed by atoms with E-state index in [0.29, 0.717) is 18.8 Å². The van der Waals surface area contributed by atoms with Crippen LogP contribution in [0.1, 0.15) is 6.92 Å². The van der Waals surface area contributed by atoms with Gasteiger partial charge in [0.2, 0.25) is 0 Å². The molecule has 0 saturated heterocycles. The van der Waals surface area contributed by atoms with Crippen LogP contribution >= 0.6 is 0 Å². The lowest BCUT2D eigenvalue weighted by Crippen LogP contribution is -2.45. The maximum absolute atomic E-state index is 12.3. The summed E-state index contributed by atoms with van der Waals surface area (Å²) >= 11 is 0. The quantitative estimate of drug-likeness (QED) is 0.805. The van der Waals surface area contributed by atoms with Crippen molar-refractivity contribution in [1.82, 2.24) is 0 Å². The van der Waals surface area contributed by atoms with E-state index in [2.05, 4.69) is 0 Å². The van der Waals surface area contributed by atoms with Crippen LogP contribution in [0, 0.1) is 11.3 Å². The van der Waals surface area contributed by atoms with Crippen LogP contribution in [0.2, 0.25) is 0 Å². The van der Waals surface area contributed by atoms with Crippen LogP contribution in [0.5, 0.6) is 0 Å². The monoisotopic (exact) mass is 265 g/mol. The molecule has 1 aliphatic rings. The summed E-state index contributed by atoms with van der Waals surface area (Å²) in [6.45, 7) is 2.41. The lowest BCUT2D eigenvalue weighted by Gasteiger charge is -2.36. The van der Waals surface area contributed by atoms with Crippen molar-refractivity contribution < 1.29 is 8.42 Å². The maximum Gasteiger partial charge on any atom is 0.251 e. The van der Waals surface area contributed by atoms with E-state index in [4.69, 9.17) is 5.26 Å². The van der Waals surface area contributed by atoms with E-state index in [1.807, 2.05) is 24.1 Å². The van der Waals surface area contributed by atoms with Crippen LogP contribution in [-0.4, -0.2) is 33.8 Å². The second kappa shape index (κ2) is 4.50. The average Bonchev–Trinajstić information content (AvgIpc) is 2.38. The fraction of sp³-hybridized carbons (Fsp3) is 0.417. The minimum atomic E-state index is -3.60. The van der Waals surface area contributed by atoms with E-state index in [9.17, 15) is 8.42 Å². The fourth-order valence-electron chi connectivity index (χ4n) is 2.00. The van der Waals surface area contributed by atoms with E-state index in [0.717, 1.165) is 5.69 Å². The summed E-state index contributed by atoms with van der Waals surface area (Å²) in [6.07, 6.45) is 0. The molecule has 18 heavy (non-hydrogen) atoms. The SMILES string of the molecule is CC(C#N)S(=O)(=O)N1CCN(C)c2ccccc21. The summed E-state index contributed by atoms with van der Waals surface area (Å²) in [7, 11) is -1.68. The maximum atomic E-state index is 12.3. The Bertz CT molecular complexity index is 592. The normalized spacial score (nSPS) is 16.9. The van der Waals surface area contributed by atoms with Gasteiger partial charge in [-0.15, -0.1) is 0 Å². The van der Waals surface area contributed by atoms with E-state index in [1.54, 1.807) is 18.2 Å². The Morgan fingerprint density at radius 3 is 2.50 bits per heavy atom. The van der Waals surface area contributed by atoms with Crippen LogP contribution in [0.25, 0.3) is 0 Å². The highest BCUT2D eigenvalue weighted by Crippen LogP contribution is 2.34. The van der Waals surface area contributed by atoms with Gasteiger partial charge in [-0.2, -0.15) is 5.26 Å². The van der Waals surface area contributed by atoms with Gasteiger partial charge in [0.15, 0.2) is 5.25 Å². The Labute approximate surface area is 107 Å². The average molecular weight is 265 g/mol. The summed E-state index contributed by atoms with van der Waals surface area (Å²) in [5.41, 5.74) is 1.52. The number of nitriles is 1. The van der Waals surface area contributed by atoms with Crippen molar-refractivity contribution in [3.05, 3.63) is 24.3 Å². The number of fused-ring (bicyclic) bond motifs is 1. The summed E-state index contributed by atoms with van der Waals surface area (Å²) in [5.74, 6) is 0. The predicted octanol–water partition coefficient (Wildman–Crippen LogP) is 1.18. The van der Waals surface area contributed by atoms with Gasteiger partial charge in [-0.05, 0) is 19.1 Å². The smallest absolute Gasteiger partial charge is 0.251 e. The van der Waals surface area contributed by atoms with Crippen LogP contribution in [-0.2, 0) is 10.0 Å². The fourth-order valence-corrected chi connectivity index (χ4v) is 3.28. The Morgan fingerprint density at radius 1 is 1.28 bits per heavy atom. The first-order valence-electron chi connectivity index (χ1n) is 5.70. The molecule has 0 aromatic heterocycles. The Hall–Kier alpha value is -1.74. The summed E-state index contributed by atoms with van der Waals surface area (Å²) < 4.78 is 25.9. The van der Waals surface area contributed by atoms with E-state index in [1.165, 1.54) is 11.2 Å². The molecule has 0 radical (unpaired) electrons. The Morgan fingerprint density at radius 2 is 1.89 bits per heavy atom. The predicted molar refractivity (Wildman–Crippen MR) is 71.1 cm³/mol. The first-order chi connectivity index (χ1) is 8.48. The molecule has 0 fully saturated rings. The molecule has 2 rings (SSSR count). The zero-order chi connectivity index (χ0) is 13.3. The van der Waals surface area contributed by atoms with E-state index >= 15 is 0 Å². The van der Waals surface area contributed by atoms with Crippen LogP contribution in [0.4, 0.5) is 11.4 Å². The van der Waals surface area contributed by atoms with Gasteiger partial charge in [0.25, 0.3) is 10.0 Å². The zero-order valence-corrected chi connectivity index (χ0v) is 11.2. The van der Waals surface area contributed by atoms with Crippen molar-refractivity contribution in [3.63, 3.8) is 0 Å². The number of nitrogens with zero attached hydrogens (tertiary/aromatic N) is 3. The molecule has 0 saturated carbocycles. The number of benzene rings is 1. The van der Waals surface area contributed by atoms with Crippen LogP contribution in [0.3, 0.4) is 0 Å². The molecule has 1 aliphatic heterocycles. The van der Waals surface area contributed by atoms with Crippen molar-refractivity contribution in [3.8, 4) is 6.07 Å². The molecule has 1 aromatic carbocycles. The van der Waals surface area contributed by atoms with Crippen molar-refractivity contribution in [2.45, 2.75) is 12.2 Å². The molecule has 6 heteroatoms. The highest BCUT2D eigenvalue weighted by molar-refractivity contribution is 7.93.